The van der Waals surface area contributed by atoms with Crippen LogP contribution >= 0.6 is 0 Å². The van der Waals surface area contributed by atoms with E-state index in [0.29, 0.717) is 36.6 Å². The van der Waals surface area contributed by atoms with Gasteiger partial charge in [0.2, 0.25) is 0 Å². The van der Waals surface area contributed by atoms with Crippen molar-refractivity contribution in [2.75, 3.05) is 20.8 Å². The number of rotatable bonds is 8. The van der Waals surface area contributed by atoms with E-state index in [-0.39, 0.29) is 6.03 Å². The minimum Gasteiger partial charge on any atom is -0.493 e. The highest BCUT2D eigenvalue weighted by Crippen LogP contribution is 2.30. The summed E-state index contributed by atoms with van der Waals surface area (Å²) >= 11 is 0. The molecule has 2 aliphatic heterocycles. The molecule has 3 amide bonds. The number of amides is 3. The molecule has 0 aromatic heterocycles. The Kier molecular flexibility index (Phi) is 7.84. The first-order valence-corrected chi connectivity index (χ1v) is 11.6. The minimum absolute atomic E-state index is 0.322. The van der Waals surface area contributed by atoms with Crippen LogP contribution in [0.3, 0.4) is 0 Å². The van der Waals surface area contributed by atoms with Crippen LogP contribution in [0.2, 0.25) is 0 Å². The van der Waals surface area contributed by atoms with E-state index in [4.69, 9.17) is 19.3 Å². The van der Waals surface area contributed by atoms with Crippen LogP contribution in [-0.2, 0) is 11.2 Å². The molecule has 188 valence electrons. The van der Waals surface area contributed by atoms with Gasteiger partial charge in [0.25, 0.3) is 0 Å². The van der Waals surface area contributed by atoms with E-state index in [1.54, 1.807) is 38.8 Å². The summed E-state index contributed by atoms with van der Waals surface area (Å²) in [6, 6.07) is 14.6. The average Bonchev–Trinajstić information content (AvgIpc) is 2.93. The van der Waals surface area contributed by atoms with Gasteiger partial charge in [-0.3, -0.25) is 9.89 Å². The molecular formula is C26H29N5O5. The standard InChI is InChI=1S/C26H29N5O5/c1-4-20-24(19-10-11-21(34-2)22(17-19)35-3)29-31(26(33)36-20)23(16-18-8-6-5-7-9-18)28-25(32)30-14-12-27-13-15-30/h5-14,17,20,23H,4,15-16H2,1-3H3,(H,28,32). The Bertz CT molecular complexity index is 1180. The molecule has 10 heteroatoms. The molecule has 0 bridgehead atoms. The molecule has 2 heterocycles. The molecule has 1 N–H and O–H groups in total. The van der Waals surface area contributed by atoms with E-state index < -0.39 is 18.4 Å². The van der Waals surface area contributed by atoms with Crippen molar-refractivity contribution in [3.8, 4) is 11.5 Å². The van der Waals surface area contributed by atoms with Gasteiger partial charge < -0.3 is 19.5 Å². The van der Waals surface area contributed by atoms with Crippen LogP contribution in [0.15, 0.2) is 71.0 Å². The van der Waals surface area contributed by atoms with Crippen molar-refractivity contribution < 1.29 is 23.8 Å². The summed E-state index contributed by atoms with van der Waals surface area (Å²) in [6.45, 7) is 2.24. The second-order valence-electron chi connectivity index (χ2n) is 8.12. The predicted octanol–water partition coefficient (Wildman–Crippen LogP) is 3.77. The third-order valence-corrected chi connectivity index (χ3v) is 5.84. The molecule has 0 spiro atoms. The first kappa shape index (κ1) is 24.8. The minimum atomic E-state index is -0.799. The molecule has 2 unspecified atom stereocenters. The summed E-state index contributed by atoms with van der Waals surface area (Å²) in [6.07, 6.45) is 3.60. The fourth-order valence-corrected chi connectivity index (χ4v) is 3.95. The normalized spacial score (nSPS) is 17.8. The predicted molar refractivity (Wildman–Crippen MR) is 135 cm³/mol. The largest absolute Gasteiger partial charge is 0.493 e. The molecule has 2 atom stereocenters. The van der Waals surface area contributed by atoms with E-state index in [9.17, 15) is 9.59 Å². The Hall–Kier alpha value is -4.34. The first-order chi connectivity index (χ1) is 17.5. The molecule has 4 rings (SSSR count). The van der Waals surface area contributed by atoms with Crippen LogP contribution in [0.5, 0.6) is 11.5 Å². The third-order valence-electron chi connectivity index (χ3n) is 5.84. The zero-order valence-corrected chi connectivity index (χ0v) is 20.5. The number of urea groups is 1. The van der Waals surface area contributed by atoms with Gasteiger partial charge in [0.15, 0.2) is 11.5 Å². The van der Waals surface area contributed by atoms with E-state index >= 15 is 0 Å². The van der Waals surface area contributed by atoms with Crippen molar-refractivity contribution in [3.63, 3.8) is 0 Å². The molecule has 0 fully saturated rings. The number of aliphatic imine (C=N–C) groups is 1. The van der Waals surface area contributed by atoms with Crippen molar-refractivity contribution in [1.29, 1.82) is 0 Å². The number of carbonyl (C=O) groups is 2. The van der Waals surface area contributed by atoms with Gasteiger partial charge in [-0.2, -0.15) is 10.1 Å². The van der Waals surface area contributed by atoms with Gasteiger partial charge >= 0.3 is 12.1 Å². The number of benzene rings is 2. The molecule has 0 radical (unpaired) electrons. The Balaban J connectivity index is 1.70. The summed E-state index contributed by atoms with van der Waals surface area (Å²) in [4.78, 5) is 31.6. The molecule has 0 saturated heterocycles. The zero-order chi connectivity index (χ0) is 25.5. The maximum atomic E-state index is 13.1. The fourth-order valence-electron chi connectivity index (χ4n) is 3.95. The quantitative estimate of drug-likeness (QED) is 0.605. The highest BCUT2D eigenvalue weighted by molar-refractivity contribution is 6.06. The van der Waals surface area contributed by atoms with Crippen LogP contribution in [0.25, 0.3) is 0 Å². The molecule has 2 aromatic carbocycles. The van der Waals surface area contributed by atoms with Crippen LogP contribution in [0.4, 0.5) is 9.59 Å². The number of hydrogen-bond donors (Lipinski definition) is 1. The SMILES string of the molecule is CCC1OC(=O)N(C(Cc2ccccc2)NC(=O)N2C=CN=CC2)N=C1c1ccc(OC)c(OC)c1. The van der Waals surface area contributed by atoms with E-state index in [1.807, 2.05) is 43.3 Å². The molecule has 10 nitrogen and oxygen atoms in total. The summed E-state index contributed by atoms with van der Waals surface area (Å²) < 4.78 is 16.6. The first-order valence-electron chi connectivity index (χ1n) is 11.6. The van der Waals surface area contributed by atoms with Crippen LogP contribution in [0, 0.1) is 0 Å². The summed E-state index contributed by atoms with van der Waals surface area (Å²) in [5.41, 5.74) is 2.19. The lowest BCUT2D eigenvalue weighted by molar-refractivity contribution is 0.0534. The van der Waals surface area contributed by atoms with Crippen molar-refractivity contribution in [2.45, 2.75) is 32.0 Å². The number of nitrogens with one attached hydrogen (secondary N) is 1. The second-order valence-corrected chi connectivity index (χ2v) is 8.12. The van der Waals surface area contributed by atoms with Crippen LogP contribution in [0.1, 0.15) is 24.5 Å². The lowest BCUT2D eigenvalue weighted by Gasteiger charge is -2.35. The van der Waals surface area contributed by atoms with Crippen LogP contribution < -0.4 is 14.8 Å². The fraction of sp³-hybridized carbons (Fsp3) is 0.308. The van der Waals surface area contributed by atoms with Crippen molar-refractivity contribution >= 4 is 24.1 Å². The van der Waals surface area contributed by atoms with Gasteiger partial charge in [0, 0.05) is 30.6 Å². The smallest absolute Gasteiger partial charge is 0.433 e. The molecular weight excluding hydrogens is 462 g/mol. The number of ether oxygens (including phenoxy) is 3. The highest BCUT2D eigenvalue weighted by Gasteiger charge is 2.36. The zero-order valence-electron chi connectivity index (χ0n) is 20.5. The number of cyclic esters (lactones) is 1. The number of hydrogen-bond acceptors (Lipinski definition) is 7. The molecule has 0 aliphatic carbocycles. The molecule has 2 aromatic rings. The highest BCUT2D eigenvalue weighted by atomic mass is 16.6. The Labute approximate surface area is 209 Å². The van der Waals surface area contributed by atoms with E-state index in [1.165, 1.54) is 16.1 Å². The Morgan fingerprint density at radius 3 is 2.61 bits per heavy atom. The number of methoxy groups -OCH3 is 2. The maximum absolute atomic E-state index is 13.1. The number of carbonyl (C=O) groups excluding carboxylic acids is 2. The van der Waals surface area contributed by atoms with Gasteiger partial charge in [-0.1, -0.05) is 37.3 Å². The monoisotopic (exact) mass is 491 g/mol. The lowest BCUT2D eigenvalue weighted by atomic mass is 10.0. The second kappa shape index (κ2) is 11.4. The van der Waals surface area contributed by atoms with Gasteiger partial charge in [0.1, 0.15) is 18.0 Å². The van der Waals surface area contributed by atoms with E-state index in [2.05, 4.69) is 10.3 Å². The van der Waals surface area contributed by atoms with Crippen molar-refractivity contribution in [1.82, 2.24) is 15.2 Å². The van der Waals surface area contributed by atoms with Gasteiger partial charge in [-0.05, 0) is 30.2 Å². The van der Waals surface area contributed by atoms with Gasteiger partial charge in [-0.25, -0.2) is 9.59 Å². The molecule has 2 aliphatic rings. The van der Waals surface area contributed by atoms with Crippen LogP contribution in [-0.4, -0.2) is 67.0 Å². The topological polar surface area (TPSA) is 105 Å². The number of nitrogens with zero attached hydrogens (tertiary/aromatic N) is 4. The van der Waals surface area contributed by atoms with Crippen molar-refractivity contribution in [2.24, 2.45) is 10.1 Å². The summed E-state index contributed by atoms with van der Waals surface area (Å²) in [5.74, 6) is 1.11. The third kappa shape index (κ3) is 5.48. The summed E-state index contributed by atoms with van der Waals surface area (Å²) in [5, 5.41) is 8.84. The average molecular weight is 492 g/mol. The van der Waals surface area contributed by atoms with Crippen molar-refractivity contribution in [3.05, 3.63) is 72.1 Å². The number of hydrazone groups is 1. The summed E-state index contributed by atoms with van der Waals surface area (Å²) in [7, 11) is 3.12. The Morgan fingerprint density at radius 2 is 1.94 bits per heavy atom. The molecule has 36 heavy (non-hydrogen) atoms. The maximum Gasteiger partial charge on any atom is 0.433 e. The van der Waals surface area contributed by atoms with Gasteiger partial charge in [0.05, 0.1) is 20.8 Å². The van der Waals surface area contributed by atoms with Gasteiger partial charge in [-0.15, -0.1) is 0 Å². The lowest BCUT2D eigenvalue weighted by Crippen LogP contribution is -2.55. The Morgan fingerprint density at radius 1 is 1.17 bits per heavy atom. The molecule has 0 saturated carbocycles. The van der Waals surface area contributed by atoms with E-state index in [0.717, 1.165) is 11.1 Å².